The molecule has 0 spiro atoms. The lowest BCUT2D eigenvalue weighted by atomic mass is 9.97. The zero-order valence-electron chi connectivity index (χ0n) is 14.9. The molecule has 5 aromatic rings. The van der Waals surface area contributed by atoms with E-state index in [9.17, 15) is 5.11 Å². The lowest BCUT2D eigenvalue weighted by Gasteiger charge is -2.13. The van der Waals surface area contributed by atoms with Crippen LogP contribution in [0.2, 0.25) is 5.02 Å². The molecule has 134 valence electrons. The molecule has 2 nitrogen and oxygen atoms in total. The van der Waals surface area contributed by atoms with Gasteiger partial charge in [-0.15, -0.1) is 0 Å². The Morgan fingerprint density at radius 3 is 2.32 bits per heavy atom. The van der Waals surface area contributed by atoms with Gasteiger partial charge in [0.05, 0.1) is 11.2 Å². The zero-order chi connectivity index (χ0) is 19.1. The molecule has 1 heterocycles. The van der Waals surface area contributed by atoms with E-state index in [4.69, 9.17) is 16.6 Å². The van der Waals surface area contributed by atoms with Gasteiger partial charge in [0.1, 0.15) is 5.75 Å². The van der Waals surface area contributed by atoms with Gasteiger partial charge in [-0.05, 0) is 46.8 Å². The normalized spacial score (nSPS) is 11.2. The summed E-state index contributed by atoms with van der Waals surface area (Å²) in [5.74, 6) is 0.248. The van der Waals surface area contributed by atoms with E-state index in [0.29, 0.717) is 10.6 Å². The number of hydrogen-bond donors (Lipinski definition) is 1. The number of pyridine rings is 1. The minimum atomic E-state index is 0.248. The van der Waals surface area contributed by atoms with E-state index in [2.05, 4.69) is 12.1 Å². The lowest BCUT2D eigenvalue weighted by Crippen LogP contribution is -1.91. The summed E-state index contributed by atoms with van der Waals surface area (Å²) in [6.45, 7) is 0. The molecule has 1 N–H and O–H groups in total. The third kappa shape index (κ3) is 2.79. The minimum absolute atomic E-state index is 0.248. The summed E-state index contributed by atoms with van der Waals surface area (Å²) in [6, 6.07) is 29.6. The van der Waals surface area contributed by atoms with Crippen LogP contribution in [0.5, 0.6) is 5.75 Å². The van der Waals surface area contributed by atoms with Crippen molar-refractivity contribution in [2.24, 2.45) is 0 Å². The van der Waals surface area contributed by atoms with Crippen molar-refractivity contribution in [3.05, 3.63) is 96.0 Å². The average molecular weight is 382 g/mol. The first-order chi connectivity index (χ1) is 13.7. The standard InChI is InChI=1S/C25H16ClNO/c26-18-11-13-23-22(14-18)21(16-6-2-1-3-7-16)15-24(27-23)20-12-10-17-8-4-5-9-19(17)25(20)28/h1-15,28H. The molecule has 0 aliphatic carbocycles. The van der Waals surface area contributed by atoms with E-state index in [1.807, 2.05) is 78.9 Å². The first-order valence-electron chi connectivity index (χ1n) is 9.07. The van der Waals surface area contributed by atoms with E-state index < -0.39 is 0 Å². The summed E-state index contributed by atoms with van der Waals surface area (Å²) in [5.41, 5.74) is 4.41. The third-order valence-corrected chi connectivity index (χ3v) is 5.27. The highest BCUT2D eigenvalue weighted by molar-refractivity contribution is 6.31. The Morgan fingerprint density at radius 2 is 1.46 bits per heavy atom. The second kappa shape index (κ2) is 6.66. The van der Waals surface area contributed by atoms with Crippen LogP contribution in [0.15, 0.2) is 91.0 Å². The monoisotopic (exact) mass is 381 g/mol. The van der Waals surface area contributed by atoms with Crippen molar-refractivity contribution < 1.29 is 5.11 Å². The maximum absolute atomic E-state index is 10.9. The number of aromatic nitrogens is 1. The van der Waals surface area contributed by atoms with Crippen LogP contribution < -0.4 is 0 Å². The molecule has 0 saturated heterocycles. The topological polar surface area (TPSA) is 33.1 Å². The summed E-state index contributed by atoms with van der Waals surface area (Å²) in [6.07, 6.45) is 0. The molecule has 0 bridgehead atoms. The summed E-state index contributed by atoms with van der Waals surface area (Å²) in [7, 11) is 0. The Morgan fingerprint density at radius 1 is 0.679 bits per heavy atom. The van der Waals surface area contributed by atoms with Crippen molar-refractivity contribution in [2.75, 3.05) is 0 Å². The maximum atomic E-state index is 10.9. The van der Waals surface area contributed by atoms with Gasteiger partial charge in [0.25, 0.3) is 0 Å². The molecule has 0 unspecified atom stereocenters. The van der Waals surface area contributed by atoms with E-state index >= 15 is 0 Å². The Kier molecular flexibility index (Phi) is 4.00. The quantitative estimate of drug-likeness (QED) is 0.354. The van der Waals surface area contributed by atoms with Crippen LogP contribution in [0.1, 0.15) is 0 Å². The van der Waals surface area contributed by atoms with Crippen molar-refractivity contribution >= 4 is 33.3 Å². The van der Waals surface area contributed by atoms with E-state index in [-0.39, 0.29) is 5.75 Å². The fourth-order valence-corrected chi connectivity index (χ4v) is 3.83. The molecule has 0 saturated carbocycles. The number of benzene rings is 4. The summed E-state index contributed by atoms with van der Waals surface area (Å²) < 4.78 is 0. The summed E-state index contributed by atoms with van der Waals surface area (Å²) in [5, 5.41) is 14.4. The van der Waals surface area contributed by atoms with E-state index in [1.165, 1.54) is 0 Å². The van der Waals surface area contributed by atoms with Crippen LogP contribution in [0.4, 0.5) is 0 Å². The Bertz CT molecular complexity index is 1330. The van der Waals surface area contributed by atoms with Crippen LogP contribution in [-0.4, -0.2) is 10.1 Å². The van der Waals surface area contributed by atoms with Crippen LogP contribution in [0, 0.1) is 0 Å². The van der Waals surface area contributed by atoms with Gasteiger partial charge in [-0.2, -0.15) is 0 Å². The first kappa shape index (κ1) is 16.8. The molecule has 0 amide bonds. The summed E-state index contributed by atoms with van der Waals surface area (Å²) in [4.78, 5) is 4.82. The van der Waals surface area contributed by atoms with Crippen LogP contribution in [-0.2, 0) is 0 Å². The zero-order valence-corrected chi connectivity index (χ0v) is 15.7. The van der Waals surface area contributed by atoms with Crippen molar-refractivity contribution in [3.8, 4) is 28.1 Å². The number of phenols is 1. The Labute approximate surface area is 167 Å². The molecule has 0 atom stereocenters. The number of aromatic hydroxyl groups is 1. The van der Waals surface area contributed by atoms with Crippen molar-refractivity contribution in [1.82, 2.24) is 4.98 Å². The fraction of sp³-hybridized carbons (Fsp3) is 0. The van der Waals surface area contributed by atoms with Crippen LogP contribution in [0.25, 0.3) is 44.1 Å². The smallest absolute Gasteiger partial charge is 0.132 e. The van der Waals surface area contributed by atoms with Gasteiger partial charge >= 0.3 is 0 Å². The molecular formula is C25H16ClNO. The molecule has 3 heteroatoms. The fourth-order valence-electron chi connectivity index (χ4n) is 3.65. The number of halogens is 1. The van der Waals surface area contributed by atoms with Crippen LogP contribution >= 0.6 is 11.6 Å². The van der Waals surface area contributed by atoms with Gasteiger partial charge in [0.2, 0.25) is 0 Å². The predicted molar refractivity (Wildman–Crippen MR) is 117 cm³/mol. The lowest BCUT2D eigenvalue weighted by molar-refractivity contribution is 0.483. The van der Waals surface area contributed by atoms with Crippen LogP contribution in [0.3, 0.4) is 0 Å². The molecule has 1 aromatic heterocycles. The largest absolute Gasteiger partial charge is 0.507 e. The number of fused-ring (bicyclic) bond motifs is 2. The highest BCUT2D eigenvalue weighted by Gasteiger charge is 2.14. The average Bonchev–Trinajstić information content (AvgIpc) is 2.74. The summed E-state index contributed by atoms with van der Waals surface area (Å²) >= 11 is 6.26. The van der Waals surface area contributed by atoms with Crippen molar-refractivity contribution in [2.45, 2.75) is 0 Å². The maximum Gasteiger partial charge on any atom is 0.132 e. The molecule has 28 heavy (non-hydrogen) atoms. The minimum Gasteiger partial charge on any atom is -0.507 e. The Balaban J connectivity index is 1.82. The molecule has 0 aliphatic heterocycles. The highest BCUT2D eigenvalue weighted by Crippen LogP contribution is 2.38. The number of phenolic OH excluding ortho intramolecular Hbond substituents is 1. The molecule has 0 fully saturated rings. The van der Waals surface area contributed by atoms with Gasteiger partial charge in [-0.25, -0.2) is 4.98 Å². The van der Waals surface area contributed by atoms with Gasteiger partial charge in [0.15, 0.2) is 0 Å². The Hall–Kier alpha value is -3.36. The highest BCUT2D eigenvalue weighted by atomic mass is 35.5. The first-order valence-corrected chi connectivity index (χ1v) is 9.45. The van der Waals surface area contributed by atoms with E-state index in [1.54, 1.807) is 0 Å². The molecule has 5 rings (SSSR count). The third-order valence-electron chi connectivity index (χ3n) is 5.03. The second-order valence-corrected chi connectivity index (χ2v) is 7.20. The molecular weight excluding hydrogens is 366 g/mol. The van der Waals surface area contributed by atoms with Gasteiger partial charge in [-0.1, -0.05) is 72.3 Å². The van der Waals surface area contributed by atoms with Gasteiger partial charge < -0.3 is 5.11 Å². The SMILES string of the molecule is Oc1c(-c2cc(-c3ccccc3)c3cc(Cl)ccc3n2)ccc2ccccc12. The van der Waals surface area contributed by atoms with Crippen molar-refractivity contribution in [3.63, 3.8) is 0 Å². The molecule has 0 aliphatic rings. The molecule has 0 radical (unpaired) electrons. The number of rotatable bonds is 2. The number of hydrogen-bond acceptors (Lipinski definition) is 2. The van der Waals surface area contributed by atoms with Gasteiger partial charge in [-0.3, -0.25) is 0 Å². The van der Waals surface area contributed by atoms with Gasteiger partial charge in [0, 0.05) is 21.4 Å². The number of nitrogens with zero attached hydrogens (tertiary/aromatic N) is 1. The predicted octanol–water partition coefficient (Wildman–Crippen LogP) is 7.08. The van der Waals surface area contributed by atoms with E-state index in [0.717, 1.165) is 38.5 Å². The van der Waals surface area contributed by atoms with Crippen molar-refractivity contribution in [1.29, 1.82) is 0 Å². The molecule has 4 aromatic carbocycles. The second-order valence-electron chi connectivity index (χ2n) is 6.77.